The summed E-state index contributed by atoms with van der Waals surface area (Å²) in [6, 6.07) is -1.35. The normalized spacial score (nSPS) is 11.5. The Morgan fingerprint density at radius 2 is 1.58 bits per heavy atom. The molecule has 0 amide bonds. The zero-order valence-corrected chi connectivity index (χ0v) is 17.0. The first kappa shape index (κ1) is 32.4. The Labute approximate surface area is 177 Å². The van der Waals surface area contributed by atoms with Crippen molar-refractivity contribution in [2.75, 3.05) is 13.3 Å². The van der Waals surface area contributed by atoms with Crippen molar-refractivity contribution >= 4 is 43.7 Å². The molecule has 0 saturated carbocycles. The van der Waals surface area contributed by atoms with E-state index in [-0.39, 0.29) is 6.32 Å². The van der Waals surface area contributed by atoms with Gasteiger partial charge in [-0.15, -0.1) is 0 Å². The number of carbonyl (C=O) groups is 6. The molecule has 12 nitrogen and oxygen atoms in total. The highest BCUT2D eigenvalue weighted by Crippen LogP contribution is 2.07. The lowest BCUT2D eigenvalue weighted by atomic mass is 9.72. The van der Waals surface area contributed by atoms with E-state index < -0.39 is 61.1 Å². The highest BCUT2D eigenvalue weighted by Gasteiger charge is 2.27. The number of carboxylic acid groups (broad SMARTS) is 2. The number of alkyl halides is 2. The van der Waals surface area contributed by atoms with Crippen LogP contribution in [0.15, 0.2) is 0 Å². The third kappa shape index (κ3) is 24.7. The van der Waals surface area contributed by atoms with Crippen LogP contribution >= 0.6 is 0 Å². The summed E-state index contributed by atoms with van der Waals surface area (Å²) in [6.45, 7) is 5.48. The molecule has 0 aromatic carbocycles. The number of aliphatic carboxylic acids is 2. The number of carboxylic acids is 2. The molecule has 4 N–H and O–H groups in total. The summed E-state index contributed by atoms with van der Waals surface area (Å²) in [4.78, 5) is 60.9. The van der Waals surface area contributed by atoms with Crippen LogP contribution in [0.25, 0.3) is 0 Å². The molecule has 0 heterocycles. The second kappa shape index (κ2) is 17.6. The van der Waals surface area contributed by atoms with Crippen molar-refractivity contribution in [3.05, 3.63) is 6.92 Å². The Kier molecular flexibility index (Phi) is 18.4. The monoisotopic (exact) mass is 455 g/mol. The van der Waals surface area contributed by atoms with Crippen LogP contribution in [0.1, 0.15) is 20.8 Å². The molecule has 0 aromatic rings. The van der Waals surface area contributed by atoms with E-state index in [2.05, 4.69) is 26.9 Å². The Morgan fingerprint density at radius 1 is 1.06 bits per heavy atom. The van der Waals surface area contributed by atoms with Gasteiger partial charge in [0.25, 0.3) is 0 Å². The summed E-state index contributed by atoms with van der Waals surface area (Å²) in [6.07, 6.45) is -2.26. The minimum atomic E-state index is -1.42. The van der Waals surface area contributed by atoms with Crippen LogP contribution in [-0.2, 0) is 33.4 Å². The molecule has 31 heavy (non-hydrogen) atoms. The molecular formula is C16H24BF2NO11+. The average Bonchev–Trinajstić information content (AvgIpc) is 2.59. The highest BCUT2D eigenvalue weighted by molar-refractivity contribution is 6.66. The van der Waals surface area contributed by atoms with Gasteiger partial charge in [-0.05, 0) is 0 Å². The Bertz CT molecular complexity index is 611. The van der Waals surface area contributed by atoms with E-state index in [1.165, 1.54) is 13.8 Å². The summed E-state index contributed by atoms with van der Waals surface area (Å²) in [5.74, 6) is -4.45. The summed E-state index contributed by atoms with van der Waals surface area (Å²) in [5.41, 5.74) is 3.62. The molecule has 0 fully saturated rings. The van der Waals surface area contributed by atoms with Gasteiger partial charge in [0.1, 0.15) is 26.3 Å². The maximum Gasteiger partial charge on any atom is 0.526 e. The third-order valence-electron chi connectivity index (χ3n) is 2.29. The van der Waals surface area contributed by atoms with Gasteiger partial charge < -0.3 is 35.0 Å². The van der Waals surface area contributed by atoms with Crippen molar-refractivity contribution in [3.8, 4) is 0 Å². The van der Waals surface area contributed by atoms with Gasteiger partial charge in [0.2, 0.25) is 5.60 Å². The molecule has 2 atom stereocenters. The predicted octanol–water partition coefficient (Wildman–Crippen LogP) is 0.773. The molecule has 1 radical (unpaired) electrons. The van der Waals surface area contributed by atoms with Gasteiger partial charge in [-0.3, -0.25) is 18.8 Å². The molecule has 0 aliphatic carbocycles. The zero-order chi connectivity index (χ0) is 25.2. The first-order valence-corrected chi connectivity index (χ1v) is 8.19. The number of ether oxygens (including phenoxy) is 3. The van der Waals surface area contributed by atoms with Crippen molar-refractivity contribution in [1.29, 1.82) is 0 Å². The van der Waals surface area contributed by atoms with Crippen LogP contribution in [0.4, 0.5) is 18.4 Å². The van der Waals surface area contributed by atoms with Crippen LogP contribution in [0.3, 0.4) is 0 Å². The smallest absolute Gasteiger partial charge is 0.481 e. The van der Waals surface area contributed by atoms with Crippen molar-refractivity contribution in [3.63, 3.8) is 0 Å². The molecule has 15 heteroatoms. The third-order valence-corrected chi connectivity index (χ3v) is 2.29. The molecule has 0 aliphatic heterocycles. The first-order valence-electron chi connectivity index (χ1n) is 8.19. The zero-order valence-electron chi connectivity index (χ0n) is 17.0. The fraction of sp³-hybridized carbons (Fsp3) is 0.562. The molecule has 0 aliphatic rings. The van der Waals surface area contributed by atoms with E-state index in [9.17, 15) is 37.5 Å². The Balaban J connectivity index is -0.000000404. The van der Waals surface area contributed by atoms with E-state index in [1.807, 2.05) is 0 Å². The SMILES string of the molecule is NC(CF)C(=O)O.O=C[B]CC(CF)C(=O)O.[CH2+]C(C)(C)OC(=O)OC(=O)OC(C)=O. The second-order valence-electron chi connectivity index (χ2n) is 5.95. The molecule has 0 rings (SSSR count). The lowest BCUT2D eigenvalue weighted by molar-refractivity contribution is -0.142. The lowest BCUT2D eigenvalue weighted by Gasteiger charge is -2.11. The molecule has 2 unspecified atom stereocenters. The number of hydrogen-bond acceptors (Lipinski definition) is 10. The Morgan fingerprint density at radius 3 is 1.84 bits per heavy atom. The number of hydrogen-bond donors (Lipinski definition) is 3. The molecular weight excluding hydrogens is 431 g/mol. The topological polar surface area (TPSA) is 197 Å². The van der Waals surface area contributed by atoms with Crippen LogP contribution in [0.2, 0.25) is 6.32 Å². The largest absolute Gasteiger partial charge is 0.526 e. The van der Waals surface area contributed by atoms with E-state index in [1.54, 1.807) is 0 Å². The minimum Gasteiger partial charge on any atom is -0.481 e. The summed E-state index contributed by atoms with van der Waals surface area (Å²) < 4.78 is 35.2. The minimum absolute atomic E-state index is 0.0324. The molecule has 0 spiro atoms. The fourth-order valence-electron chi connectivity index (χ4n) is 0.968. The Hall–Kier alpha value is -3.23. The highest BCUT2D eigenvalue weighted by atomic mass is 19.1. The quantitative estimate of drug-likeness (QED) is 0.153. The van der Waals surface area contributed by atoms with E-state index in [4.69, 9.17) is 10.2 Å². The van der Waals surface area contributed by atoms with Crippen LogP contribution in [0.5, 0.6) is 0 Å². The fourth-order valence-corrected chi connectivity index (χ4v) is 0.968. The standard InChI is InChI=1S/C8H11O6.C5H7BFO3.C3H6FNO2/c1-5(9)12-6(10)13-7(11)14-8(2,3)4;7-2-4(5(9)10)1-6-3-8;4-1-2(5)3(6)7/h2H2,1,3-4H3;3-4H,1-2H2,(H,9,10);2H,1,5H2,(H,6,7)/q+1;;. The lowest BCUT2D eigenvalue weighted by Crippen LogP contribution is -2.31. The number of carbonyl (C=O) groups excluding carboxylic acids is 4. The van der Waals surface area contributed by atoms with Gasteiger partial charge in [-0.1, -0.05) is 6.32 Å². The van der Waals surface area contributed by atoms with Crippen molar-refractivity contribution in [1.82, 2.24) is 0 Å². The first-order chi connectivity index (χ1) is 14.1. The predicted molar refractivity (Wildman–Crippen MR) is 100 cm³/mol. The maximum atomic E-state index is 11.7. The van der Waals surface area contributed by atoms with Gasteiger partial charge >= 0.3 is 30.2 Å². The molecule has 0 bridgehead atoms. The second-order valence-corrected chi connectivity index (χ2v) is 5.95. The van der Waals surface area contributed by atoms with E-state index >= 15 is 0 Å². The summed E-state index contributed by atoms with van der Waals surface area (Å²) in [7, 11) is 1.10. The number of halogens is 2. The van der Waals surface area contributed by atoms with Crippen molar-refractivity contribution in [2.45, 2.75) is 38.7 Å². The number of rotatable bonds is 8. The van der Waals surface area contributed by atoms with Crippen LogP contribution < -0.4 is 5.73 Å². The molecule has 0 saturated heterocycles. The average molecular weight is 455 g/mol. The van der Waals surface area contributed by atoms with Gasteiger partial charge in [-0.2, -0.15) is 0 Å². The van der Waals surface area contributed by atoms with Crippen molar-refractivity contribution < 1.29 is 62.0 Å². The summed E-state index contributed by atoms with van der Waals surface area (Å²) >= 11 is 0. The van der Waals surface area contributed by atoms with E-state index in [0.29, 0.717) is 6.19 Å². The van der Waals surface area contributed by atoms with Crippen molar-refractivity contribution in [2.24, 2.45) is 11.7 Å². The van der Waals surface area contributed by atoms with Crippen LogP contribution in [-0.4, -0.2) is 78.9 Å². The van der Waals surface area contributed by atoms with Gasteiger partial charge in [0.05, 0.1) is 12.1 Å². The summed E-state index contributed by atoms with van der Waals surface area (Å²) in [5, 5.41) is 16.0. The van der Waals surface area contributed by atoms with Crippen LogP contribution in [0, 0.1) is 12.8 Å². The molecule has 0 aromatic heterocycles. The van der Waals surface area contributed by atoms with Gasteiger partial charge in [0.15, 0.2) is 7.28 Å². The number of esters is 1. The van der Waals surface area contributed by atoms with Gasteiger partial charge in [0, 0.05) is 20.8 Å². The maximum absolute atomic E-state index is 11.7. The molecule has 175 valence electrons. The number of nitrogens with two attached hydrogens (primary N) is 1. The van der Waals surface area contributed by atoms with E-state index in [0.717, 1.165) is 14.2 Å². The van der Waals surface area contributed by atoms with Gasteiger partial charge in [-0.25, -0.2) is 14.0 Å².